The summed E-state index contributed by atoms with van der Waals surface area (Å²) in [6.45, 7) is 4.09. The van der Waals surface area contributed by atoms with Crippen molar-refractivity contribution in [2.24, 2.45) is 0 Å². The number of aryl methyl sites for hydroxylation is 2. The van der Waals surface area contributed by atoms with Crippen LogP contribution in [0.15, 0.2) is 48.7 Å². The van der Waals surface area contributed by atoms with Gasteiger partial charge in [0.15, 0.2) is 5.75 Å². The van der Waals surface area contributed by atoms with Crippen LogP contribution >= 0.6 is 0 Å². The number of para-hydroxylation sites is 1. The van der Waals surface area contributed by atoms with Crippen molar-refractivity contribution >= 4 is 16.6 Å². The summed E-state index contributed by atoms with van der Waals surface area (Å²) in [5.74, 6) is 1.49. The number of anilines is 1. The molecule has 100 valence electrons. The predicted molar refractivity (Wildman–Crippen MR) is 82.1 cm³/mol. The maximum absolute atomic E-state index is 6.04. The molecule has 1 aromatic heterocycles. The van der Waals surface area contributed by atoms with Crippen LogP contribution in [0.25, 0.3) is 10.9 Å². The van der Waals surface area contributed by atoms with Crippen molar-refractivity contribution in [3.05, 3.63) is 59.8 Å². The van der Waals surface area contributed by atoms with Gasteiger partial charge in [-0.25, -0.2) is 0 Å². The van der Waals surface area contributed by atoms with Gasteiger partial charge in [-0.2, -0.15) is 0 Å². The van der Waals surface area contributed by atoms with Gasteiger partial charge in [-0.05, 0) is 37.6 Å². The van der Waals surface area contributed by atoms with Gasteiger partial charge in [0.2, 0.25) is 0 Å². The first kappa shape index (κ1) is 12.5. The third-order valence-corrected chi connectivity index (χ3v) is 3.30. The van der Waals surface area contributed by atoms with E-state index in [1.807, 2.05) is 43.3 Å². The van der Waals surface area contributed by atoms with Crippen LogP contribution in [0.2, 0.25) is 0 Å². The highest BCUT2D eigenvalue weighted by molar-refractivity contribution is 5.89. The summed E-state index contributed by atoms with van der Waals surface area (Å²) >= 11 is 0. The van der Waals surface area contributed by atoms with Gasteiger partial charge in [0.1, 0.15) is 5.75 Å². The summed E-state index contributed by atoms with van der Waals surface area (Å²) in [5.41, 5.74) is 9.75. The van der Waals surface area contributed by atoms with Crippen LogP contribution in [-0.4, -0.2) is 4.98 Å². The summed E-state index contributed by atoms with van der Waals surface area (Å²) in [4.78, 5) is 4.31. The van der Waals surface area contributed by atoms with Crippen molar-refractivity contribution < 1.29 is 4.74 Å². The normalized spacial score (nSPS) is 10.7. The molecule has 0 amide bonds. The van der Waals surface area contributed by atoms with Crippen LogP contribution in [0.4, 0.5) is 5.69 Å². The van der Waals surface area contributed by atoms with Crippen LogP contribution in [0.3, 0.4) is 0 Å². The Kier molecular flexibility index (Phi) is 3.03. The van der Waals surface area contributed by atoms with Crippen molar-refractivity contribution in [2.45, 2.75) is 13.8 Å². The topological polar surface area (TPSA) is 48.1 Å². The molecule has 0 aliphatic rings. The smallest absolute Gasteiger partial charge is 0.161 e. The van der Waals surface area contributed by atoms with Crippen LogP contribution in [-0.2, 0) is 0 Å². The van der Waals surface area contributed by atoms with E-state index in [1.54, 1.807) is 6.20 Å². The Labute approximate surface area is 118 Å². The number of ether oxygens (including phenoxy) is 1. The highest BCUT2D eigenvalue weighted by Crippen LogP contribution is 2.35. The van der Waals surface area contributed by atoms with Crippen molar-refractivity contribution in [3.63, 3.8) is 0 Å². The SMILES string of the molecule is Cc1ccc(Oc2c(N)cnc3ccccc23)c(C)c1. The largest absolute Gasteiger partial charge is 0.454 e. The highest BCUT2D eigenvalue weighted by Gasteiger charge is 2.10. The Bertz CT molecular complexity index is 781. The van der Waals surface area contributed by atoms with Gasteiger partial charge >= 0.3 is 0 Å². The molecule has 2 aromatic carbocycles. The molecule has 3 heteroatoms. The fourth-order valence-electron chi connectivity index (χ4n) is 2.27. The lowest BCUT2D eigenvalue weighted by molar-refractivity contribution is 0.486. The lowest BCUT2D eigenvalue weighted by Crippen LogP contribution is -1.96. The van der Waals surface area contributed by atoms with E-state index in [1.165, 1.54) is 5.56 Å². The Morgan fingerprint density at radius 3 is 2.65 bits per heavy atom. The number of fused-ring (bicyclic) bond motifs is 1. The van der Waals surface area contributed by atoms with Crippen LogP contribution in [0.1, 0.15) is 11.1 Å². The Balaban J connectivity index is 2.12. The van der Waals surface area contributed by atoms with Gasteiger partial charge in [0.25, 0.3) is 0 Å². The maximum Gasteiger partial charge on any atom is 0.161 e. The second kappa shape index (κ2) is 4.85. The fraction of sp³-hybridized carbons (Fsp3) is 0.118. The standard InChI is InChI=1S/C17H16N2O/c1-11-7-8-16(12(2)9-11)20-17-13-5-3-4-6-15(13)19-10-14(17)18/h3-10H,18H2,1-2H3. The summed E-state index contributed by atoms with van der Waals surface area (Å²) in [6.07, 6.45) is 1.64. The summed E-state index contributed by atoms with van der Waals surface area (Å²) in [7, 11) is 0. The van der Waals surface area contributed by atoms with Crippen LogP contribution in [0.5, 0.6) is 11.5 Å². The zero-order valence-corrected chi connectivity index (χ0v) is 11.6. The molecule has 0 spiro atoms. The van der Waals surface area contributed by atoms with E-state index in [0.29, 0.717) is 11.4 Å². The second-order valence-electron chi connectivity index (χ2n) is 4.93. The molecule has 0 atom stereocenters. The quantitative estimate of drug-likeness (QED) is 0.753. The second-order valence-corrected chi connectivity index (χ2v) is 4.93. The van der Waals surface area contributed by atoms with E-state index < -0.39 is 0 Å². The maximum atomic E-state index is 6.04. The van der Waals surface area contributed by atoms with E-state index in [4.69, 9.17) is 10.5 Å². The number of hydrogen-bond acceptors (Lipinski definition) is 3. The van der Waals surface area contributed by atoms with E-state index in [2.05, 4.69) is 18.0 Å². The zero-order chi connectivity index (χ0) is 14.1. The van der Waals surface area contributed by atoms with Crippen molar-refractivity contribution in [3.8, 4) is 11.5 Å². The van der Waals surface area contributed by atoms with Gasteiger partial charge in [0.05, 0.1) is 17.4 Å². The minimum absolute atomic E-state index is 0.545. The Morgan fingerprint density at radius 1 is 1.05 bits per heavy atom. The first-order valence-electron chi connectivity index (χ1n) is 6.53. The summed E-state index contributed by atoms with van der Waals surface area (Å²) < 4.78 is 6.04. The average molecular weight is 264 g/mol. The molecule has 0 fully saturated rings. The van der Waals surface area contributed by atoms with E-state index in [9.17, 15) is 0 Å². The minimum atomic E-state index is 0.545. The highest BCUT2D eigenvalue weighted by atomic mass is 16.5. The van der Waals surface area contributed by atoms with Crippen LogP contribution in [0, 0.1) is 13.8 Å². The fourth-order valence-corrected chi connectivity index (χ4v) is 2.27. The first-order valence-corrected chi connectivity index (χ1v) is 6.53. The minimum Gasteiger partial charge on any atom is -0.454 e. The van der Waals surface area contributed by atoms with Gasteiger partial charge in [-0.1, -0.05) is 29.8 Å². The Hall–Kier alpha value is -2.55. The third kappa shape index (κ3) is 2.18. The molecule has 0 saturated carbocycles. The van der Waals surface area contributed by atoms with E-state index in [-0.39, 0.29) is 0 Å². The third-order valence-electron chi connectivity index (χ3n) is 3.30. The average Bonchev–Trinajstić information content (AvgIpc) is 2.44. The molecule has 2 N–H and O–H groups in total. The lowest BCUT2D eigenvalue weighted by atomic mass is 10.1. The molecule has 3 rings (SSSR count). The number of rotatable bonds is 2. The molecule has 0 unspecified atom stereocenters. The molecule has 0 aliphatic heterocycles. The summed E-state index contributed by atoms with van der Waals surface area (Å²) in [6, 6.07) is 13.9. The summed E-state index contributed by atoms with van der Waals surface area (Å²) in [5, 5.41) is 0.924. The number of nitrogen functional groups attached to an aromatic ring is 1. The molecule has 0 bridgehead atoms. The van der Waals surface area contributed by atoms with E-state index >= 15 is 0 Å². The number of aromatic nitrogens is 1. The van der Waals surface area contributed by atoms with Gasteiger partial charge < -0.3 is 10.5 Å². The van der Waals surface area contributed by atoms with Gasteiger partial charge in [0, 0.05) is 5.39 Å². The molecule has 20 heavy (non-hydrogen) atoms. The molecular formula is C17H16N2O. The first-order chi connectivity index (χ1) is 9.65. The van der Waals surface area contributed by atoms with Gasteiger partial charge in [-0.15, -0.1) is 0 Å². The number of nitrogens with two attached hydrogens (primary N) is 1. The molecular weight excluding hydrogens is 248 g/mol. The number of pyridine rings is 1. The van der Waals surface area contributed by atoms with E-state index in [0.717, 1.165) is 22.2 Å². The predicted octanol–water partition coefficient (Wildman–Crippen LogP) is 4.23. The molecule has 3 aromatic rings. The number of benzene rings is 2. The molecule has 0 aliphatic carbocycles. The number of nitrogens with zero attached hydrogens (tertiary/aromatic N) is 1. The number of hydrogen-bond donors (Lipinski definition) is 1. The van der Waals surface area contributed by atoms with Crippen molar-refractivity contribution in [1.29, 1.82) is 0 Å². The van der Waals surface area contributed by atoms with Gasteiger partial charge in [-0.3, -0.25) is 4.98 Å². The molecule has 1 heterocycles. The molecule has 0 radical (unpaired) electrons. The van der Waals surface area contributed by atoms with Crippen molar-refractivity contribution in [2.75, 3.05) is 5.73 Å². The molecule has 3 nitrogen and oxygen atoms in total. The zero-order valence-electron chi connectivity index (χ0n) is 11.6. The van der Waals surface area contributed by atoms with Crippen molar-refractivity contribution in [1.82, 2.24) is 4.98 Å². The monoisotopic (exact) mass is 264 g/mol. The van der Waals surface area contributed by atoms with Crippen LogP contribution < -0.4 is 10.5 Å². The Morgan fingerprint density at radius 2 is 1.85 bits per heavy atom. The lowest BCUT2D eigenvalue weighted by Gasteiger charge is -2.13. The molecule has 0 saturated heterocycles.